The van der Waals surface area contributed by atoms with Gasteiger partial charge in [0.15, 0.2) is 0 Å². The first-order valence-electron chi connectivity index (χ1n) is 11.7. The van der Waals surface area contributed by atoms with Gasteiger partial charge in [-0.15, -0.1) is 0 Å². The number of carbonyl (C=O) groups excluding carboxylic acids is 2. The van der Waals surface area contributed by atoms with Crippen molar-refractivity contribution in [3.8, 4) is 5.75 Å². The van der Waals surface area contributed by atoms with Gasteiger partial charge in [-0.1, -0.05) is 58.9 Å². The van der Waals surface area contributed by atoms with E-state index in [2.05, 4.69) is 32.0 Å². The van der Waals surface area contributed by atoms with Crippen molar-refractivity contribution in [2.75, 3.05) is 6.61 Å². The van der Waals surface area contributed by atoms with Crippen molar-refractivity contribution in [2.24, 2.45) is 11.1 Å². The number of hydrogen-bond donors (Lipinski definition) is 1. The normalized spacial score (nSPS) is 12.8. The molecule has 33 heavy (non-hydrogen) atoms. The number of amides is 1. The zero-order chi connectivity index (χ0) is 25.0. The maximum absolute atomic E-state index is 11.7. The molecule has 0 bridgehead atoms. The van der Waals surface area contributed by atoms with E-state index in [0.29, 0.717) is 12.2 Å². The number of benzene rings is 2. The molecule has 1 unspecified atom stereocenters. The minimum absolute atomic E-state index is 0.185. The molecule has 0 aliphatic heterocycles. The monoisotopic (exact) mass is 453 g/mol. The van der Waals surface area contributed by atoms with Crippen molar-refractivity contribution >= 4 is 11.9 Å². The summed E-state index contributed by atoms with van der Waals surface area (Å²) < 4.78 is 11.6. The molecular weight excluding hydrogens is 414 g/mol. The second-order valence-corrected chi connectivity index (χ2v) is 9.94. The second kappa shape index (κ2) is 10.4. The Balaban J connectivity index is 2.38. The van der Waals surface area contributed by atoms with Gasteiger partial charge in [-0.05, 0) is 61.1 Å². The van der Waals surface area contributed by atoms with Crippen LogP contribution in [-0.2, 0) is 14.9 Å². The van der Waals surface area contributed by atoms with E-state index in [-0.39, 0.29) is 22.9 Å². The van der Waals surface area contributed by atoms with Crippen LogP contribution < -0.4 is 10.5 Å². The lowest BCUT2D eigenvalue weighted by Crippen LogP contribution is -2.36. The van der Waals surface area contributed by atoms with Crippen molar-refractivity contribution in [3.05, 3.63) is 64.2 Å². The number of hydrogen-bond acceptors (Lipinski definition) is 4. The molecule has 0 fully saturated rings. The summed E-state index contributed by atoms with van der Waals surface area (Å²) in [6.45, 7) is 16.1. The van der Waals surface area contributed by atoms with Gasteiger partial charge in [0, 0.05) is 23.3 Å². The predicted molar refractivity (Wildman–Crippen MR) is 133 cm³/mol. The van der Waals surface area contributed by atoms with E-state index < -0.39 is 5.91 Å². The standard InChI is InChI=1S/C28H39NO4/c1-9-28(10-2,21-11-13-23(26(29)31)18(3)15-21)22-12-14-24(19(4)16-22)32-17-25(27(6,7)8)33-20(5)30/h11-16,25H,9-10,17H2,1-8H3,(H2,29,31). The van der Waals surface area contributed by atoms with E-state index in [1.165, 1.54) is 18.1 Å². The third-order valence-corrected chi connectivity index (χ3v) is 6.64. The first kappa shape index (κ1) is 26.4. The number of nitrogens with two attached hydrogens (primary N) is 1. The van der Waals surface area contributed by atoms with Crippen molar-refractivity contribution in [3.63, 3.8) is 0 Å². The average molecular weight is 454 g/mol. The van der Waals surface area contributed by atoms with Crippen molar-refractivity contribution in [1.82, 2.24) is 0 Å². The van der Waals surface area contributed by atoms with Crippen LogP contribution >= 0.6 is 0 Å². The molecule has 0 radical (unpaired) electrons. The van der Waals surface area contributed by atoms with E-state index in [1.54, 1.807) is 0 Å². The third-order valence-electron chi connectivity index (χ3n) is 6.64. The Morgan fingerprint density at radius 2 is 1.48 bits per heavy atom. The maximum atomic E-state index is 11.7. The number of carbonyl (C=O) groups is 2. The molecule has 0 heterocycles. The lowest BCUT2D eigenvalue weighted by Gasteiger charge is -2.34. The molecule has 0 saturated carbocycles. The van der Waals surface area contributed by atoms with Crippen LogP contribution in [0.2, 0.25) is 0 Å². The average Bonchev–Trinajstić information content (AvgIpc) is 2.72. The van der Waals surface area contributed by atoms with Gasteiger partial charge in [0.2, 0.25) is 5.91 Å². The molecule has 2 aromatic rings. The maximum Gasteiger partial charge on any atom is 0.303 e. The third kappa shape index (κ3) is 5.95. The van der Waals surface area contributed by atoms with Gasteiger partial charge in [-0.3, -0.25) is 9.59 Å². The molecule has 2 aromatic carbocycles. The van der Waals surface area contributed by atoms with Crippen LogP contribution in [0.1, 0.15) is 87.0 Å². The number of ether oxygens (including phenoxy) is 2. The molecule has 1 atom stereocenters. The van der Waals surface area contributed by atoms with Crippen LogP contribution in [0.25, 0.3) is 0 Å². The van der Waals surface area contributed by atoms with Gasteiger partial charge in [-0.25, -0.2) is 0 Å². The molecule has 5 nitrogen and oxygen atoms in total. The van der Waals surface area contributed by atoms with Gasteiger partial charge in [-0.2, -0.15) is 0 Å². The van der Waals surface area contributed by atoms with E-state index in [4.69, 9.17) is 15.2 Å². The molecule has 1 amide bonds. The Hall–Kier alpha value is -2.82. The van der Waals surface area contributed by atoms with Crippen LogP contribution in [0.15, 0.2) is 36.4 Å². The van der Waals surface area contributed by atoms with Gasteiger partial charge >= 0.3 is 5.97 Å². The summed E-state index contributed by atoms with van der Waals surface area (Å²) in [4.78, 5) is 23.2. The fourth-order valence-electron chi connectivity index (χ4n) is 4.41. The molecule has 0 aliphatic carbocycles. The fraction of sp³-hybridized carbons (Fsp3) is 0.500. The van der Waals surface area contributed by atoms with E-state index in [1.807, 2.05) is 52.8 Å². The van der Waals surface area contributed by atoms with Crippen molar-refractivity contribution in [2.45, 2.75) is 79.8 Å². The van der Waals surface area contributed by atoms with Gasteiger partial charge in [0.25, 0.3) is 0 Å². The largest absolute Gasteiger partial charge is 0.489 e. The highest BCUT2D eigenvalue weighted by Crippen LogP contribution is 2.41. The second-order valence-electron chi connectivity index (χ2n) is 9.94. The van der Waals surface area contributed by atoms with E-state index in [9.17, 15) is 9.59 Å². The summed E-state index contributed by atoms with van der Waals surface area (Å²) >= 11 is 0. The summed E-state index contributed by atoms with van der Waals surface area (Å²) in [5, 5.41) is 0. The number of rotatable bonds is 9. The van der Waals surface area contributed by atoms with E-state index >= 15 is 0 Å². The molecule has 0 aromatic heterocycles. The zero-order valence-electron chi connectivity index (χ0n) is 21.4. The minimum Gasteiger partial charge on any atom is -0.489 e. The van der Waals surface area contributed by atoms with Gasteiger partial charge in [0.05, 0.1) is 0 Å². The van der Waals surface area contributed by atoms with Crippen LogP contribution in [0, 0.1) is 19.3 Å². The molecule has 5 heteroatoms. The highest BCUT2D eigenvalue weighted by molar-refractivity contribution is 5.94. The Labute approximate surface area is 198 Å². The van der Waals surface area contributed by atoms with E-state index in [0.717, 1.165) is 29.7 Å². The zero-order valence-corrected chi connectivity index (χ0v) is 21.4. The van der Waals surface area contributed by atoms with Gasteiger partial charge in [0.1, 0.15) is 18.5 Å². The van der Waals surface area contributed by atoms with Crippen LogP contribution in [0.3, 0.4) is 0 Å². The SMILES string of the molecule is CCC(CC)(c1ccc(OCC(OC(C)=O)C(C)(C)C)c(C)c1)c1ccc(C(N)=O)c(C)c1. The summed E-state index contributed by atoms with van der Waals surface area (Å²) in [7, 11) is 0. The first-order valence-corrected chi connectivity index (χ1v) is 11.7. The molecule has 0 spiro atoms. The summed E-state index contributed by atoms with van der Waals surface area (Å²) in [6.07, 6.45) is 1.49. The molecular formula is C28H39NO4. The van der Waals surface area contributed by atoms with Crippen LogP contribution in [-0.4, -0.2) is 24.6 Å². The smallest absolute Gasteiger partial charge is 0.303 e. The van der Waals surface area contributed by atoms with Crippen LogP contribution in [0.5, 0.6) is 5.75 Å². The summed E-state index contributed by atoms with van der Waals surface area (Å²) in [5.41, 5.74) is 9.95. The first-order chi connectivity index (χ1) is 15.4. The molecule has 180 valence electrons. The fourth-order valence-corrected chi connectivity index (χ4v) is 4.41. The minimum atomic E-state index is -0.405. The van der Waals surface area contributed by atoms with Crippen molar-refractivity contribution in [1.29, 1.82) is 0 Å². The highest BCUT2D eigenvalue weighted by atomic mass is 16.6. The molecule has 0 aliphatic rings. The Kier molecular flexibility index (Phi) is 8.34. The summed E-state index contributed by atoms with van der Waals surface area (Å²) in [5.74, 6) is 0.0674. The molecule has 0 saturated heterocycles. The number of esters is 1. The quantitative estimate of drug-likeness (QED) is 0.482. The van der Waals surface area contributed by atoms with Crippen molar-refractivity contribution < 1.29 is 19.1 Å². The lowest BCUT2D eigenvalue weighted by molar-refractivity contribution is -0.154. The highest BCUT2D eigenvalue weighted by Gasteiger charge is 2.32. The molecule has 2 rings (SSSR count). The Bertz CT molecular complexity index is 999. The summed E-state index contributed by atoms with van der Waals surface area (Å²) in [6, 6.07) is 12.2. The Morgan fingerprint density at radius 1 is 0.939 bits per heavy atom. The van der Waals surface area contributed by atoms with Crippen LogP contribution in [0.4, 0.5) is 0 Å². The van der Waals surface area contributed by atoms with Gasteiger partial charge < -0.3 is 15.2 Å². The Morgan fingerprint density at radius 3 is 1.91 bits per heavy atom. The number of aryl methyl sites for hydroxylation is 2. The lowest BCUT2D eigenvalue weighted by atomic mass is 9.70. The molecule has 2 N–H and O–H groups in total. The number of primary amides is 1. The topological polar surface area (TPSA) is 78.6 Å². The predicted octanol–water partition coefficient (Wildman–Crippen LogP) is 5.87.